The van der Waals surface area contributed by atoms with E-state index in [2.05, 4.69) is 10.1 Å². The van der Waals surface area contributed by atoms with Crippen molar-refractivity contribution in [3.8, 4) is 0 Å². The van der Waals surface area contributed by atoms with Crippen LogP contribution in [0.3, 0.4) is 0 Å². The molecule has 1 N–H and O–H groups in total. The van der Waals surface area contributed by atoms with Gasteiger partial charge in [-0.1, -0.05) is 0 Å². The molecular formula is C6H7N3O4S. The molecule has 1 aliphatic heterocycles. The van der Waals surface area contributed by atoms with E-state index in [0.29, 0.717) is 0 Å². The SMILES string of the molecule is O=C(O)c1nc2n(n1)CCS(=O)(=O)C2. The number of carboxylic acids is 1. The molecule has 14 heavy (non-hydrogen) atoms. The number of aryl methyl sites for hydroxylation is 1. The zero-order valence-corrected chi connectivity index (χ0v) is 7.86. The molecule has 0 aliphatic carbocycles. The zero-order valence-electron chi connectivity index (χ0n) is 7.04. The zero-order chi connectivity index (χ0) is 10.3. The van der Waals surface area contributed by atoms with E-state index >= 15 is 0 Å². The van der Waals surface area contributed by atoms with Gasteiger partial charge in [0.25, 0.3) is 5.82 Å². The van der Waals surface area contributed by atoms with Crippen molar-refractivity contribution in [1.82, 2.24) is 14.8 Å². The fourth-order valence-corrected chi connectivity index (χ4v) is 2.45. The number of aromatic nitrogens is 3. The van der Waals surface area contributed by atoms with E-state index in [-0.39, 0.29) is 29.7 Å². The molecule has 0 saturated heterocycles. The van der Waals surface area contributed by atoms with Gasteiger partial charge in [-0.25, -0.2) is 22.9 Å². The van der Waals surface area contributed by atoms with Gasteiger partial charge < -0.3 is 5.11 Å². The minimum Gasteiger partial charge on any atom is -0.475 e. The summed E-state index contributed by atoms with van der Waals surface area (Å²) in [4.78, 5) is 14.1. The molecule has 0 saturated carbocycles. The summed E-state index contributed by atoms with van der Waals surface area (Å²) in [6.45, 7) is 0.179. The molecular weight excluding hydrogens is 210 g/mol. The maximum atomic E-state index is 11.2. The standard InChI is InChI=1S/C6H7N3O4S/c10-6(11)5-7-4-3-14(12,13)2-1-9(4)8-5/h1-3H2,(H,10,11). The van der Waals surface area contributed by atoms with Crippen molar-refractivity contribution in [2.24, 2.45) is 0 Å². The van der Waals surface area contributed by atoms with Gasteiger partial charge in [-0.15, -0.1) is 5.10 Å². The average molecular weight is 217 g/mol. The van der Waals surface area contributed by atoms with Gasteiger partial charge >= 0.3 is 5.97 Å². The largest absolute Gasteiger partial charge is 0.475 e. The highest BCUT2D eigenvalue weighted by Crippen LogP contribution is 2.11. The third-order valence-corrected chi connectivity index (χ3v) is 3.41. The van der Waals surface area contributed by atoms with E-state index in [1.807, 2.05) is 0 Å². The molecule has 76 valence electrons. The normalized spacial score (nSPS) is 18.9. The number of hydrogen-bond acceptors (Lipinski definition) is 5. The molecule has 0 spiro atoms. The van der Waals surface area contributed by atoms with E-state index in [0.717, 1.165) is 0 Å². The summed E-state index contributed by atoms with van der Waals surface area (Å²) >= 11 is 0. The summed E-state index contributed by atoms with van der Waals surface area (Å²) in [5.74, 6) is -1.63. The molecule has 8 heteroatoms. The summed E-state index contributed by atoms with van der Waals surface area (Å²) in [6.07, 6.45) is 0. The Morgan fingerprint density at radius 2 is 2.21 bits per heavy atom. The van der Waals surface area contributed by atoms with Crippen molar-refractivity contribution < 1.29 is 18.3 Å². The van der Waals surface area contributed by atoms with Crippen LogP contribution in [0.25, 0.3) is 0 Å². The van der Waals surface area contributed by atoms with Crippen LogP contribution in [0.1, 0.15) is 16.4 Å². The topological polar surface area (TPSA) is 102 Å². The predicted octanol–water partition coefficient (Wildman–Crippen LogP) is -1.10. The van der Waals surface area contributed by atoms with Gasteiger partial charge in [0.05, 0.1) is 12.3 Å². The number of fused-ring (bicyclic) bond motifs is 1. The molecule has 0 bridgehead atoms. The van der Waals surface area contributed by atoms with Gasteiger partial charge in [0.2, 0.25) is 0 Å². The van der Waals surface area contributed by atoms with Crippen molar-refractivity contribution in [2.75, 3.05) is 5.75 Å². The lowest BCUT2D eigenvalue weighted by Crippen LogP contribution is -2.24. The minimum atomic E-state index is -3.12. The quantitative estimate of drug-likeness (QED) is 0.640. The number of rotatable bonds is 1. The van der Waals surface area contributed by atoms with Crippen molar-refractivity contribution in [3.63, 3.8) is 0 Å². The monoisotopic (exact) mass is 217 g/mol. The Kier molecular flexibility index (Phi) is 1.81. The first-order chi connectivity index (χ1) is 6.48. The van der Waals surface area contributed by atoms with Gasteiger partial charge in [0, 0.05) is 0 Å². The highest BCUT2D eigenvalue weighted by molar-refractivity contribution is 7.90. The Balaban J connectivity index is 2.44. The molecule has 1 aromatic heterocycles. The van der Waals surface area contributed by atoms with E-state index < -0.39 is 15.8 Å². The van der Waals surface area contributed by atoms with Crippen LogP contribution in [0, 0.1) is 0 Å². The Morgan fingerprint density at radius 1 is 1.50 bits per heavy atom. The van der Waals surface area contributed by atoms with Crippen LogP contribution in [0.2, 0.25) is 0 Å². The lowest BCUT2D eigenvalue weighted by Gasteiger charge is -2.11. The number of aromatic carboxylic acids is 1. The molecule has 7 nitrogen and oxygen atoms in total. The van der Waals surface area contributed by atoms with Gasteiger partial charge in [0.15, 0.2) is 9.84 Å². The molecule has 0 unspecified atom stereocenters. The number of sulfone groups is 1. The smallest absolute Gasteiger partial charge is 0.375 e. The first kappa shape index (κ1) is 9.13. The van der Waals surface area contributed by atoms with Crippen LogP contribution in [-0.2, 0) is 22.1 Å². The number of nitrogens with zero attached hydrogens (tertiary/aromatic N) is 3. The molecule has 2 rings (SSSR count). The lowest BCUT2D eigenvalue weighted by atomic mass is 10.6. The molecule has 0 fully saturated rings. The van der Waals surface area contributed by atoms with Crippen LogP contribution in [-0.4, -0.2) is 40.0 Å². The first-order valence-corrected chi connectivity index (χ1v) is 5.67. The van der Waals surface area contributed by atoms with E-state index in [4.69, 9.17) is 5.11 Å². The van der Waals surface area contributed by atoms with E-state index in [1.165, 1.54) is 4.68 Å². The van der Waals surface area contributed by atoms with Crippen LogP contribution in [0.4, 0.5) is 0 Å². The maximum Gasteiger partial charge on any atom is 0.375 e. The number of carbonyl (C=O) groups is 1. The molecule has 0 radical (unpaired) electrons. The molecule has 1 aliphatic rings. The lowest BCUT2D eigenvalue weighted by molar-refractivity contribution is 0.0683. The molecule has 1 aromatic rings. The van der Waals surface area contributed by atoms with Crippen molar-refractivity contribution in [2.45, 2.75) is 12.3 Å². The molecule has 0 amide bonds. The van der Waals surface area contributed by atoms with Crippen molar-refractivity contribution in [1.29, 1.82) is 0 Å². The van der Waals surface area contributed by atoms with Crippen LogP contribution in [0.15, 0.2) is 0 Å². The first-order valence-electron chi connectivity index (χ1n) is 3.85. The molecule has 2 heterocycles. The van der Waals surface area contributed by atoms with E-state index in [1.54, 1.807) is 0 Å². The van der Waals surface area contributed by atoms with Gasteiger partial charge in [-0.3, -0.25) is 0 Å². The third-order valence-electron chi connectivity index (χ3n) is 1.90. The summed E-state index contributed by atoms with van der Waals surface area (Å²) < 4.78 is 23.7. The molecule has 0 atom stereocenters. The van der Waals surface area contributed by atoms with Crippen LogP contribution >= 0.6 is 0 Å². The summed E-state index contributed by atoms with van der Waals surface area (Å²) in [7, 11) is -3.12. The van der Waals surface area contributed by atoms with E-state index in [9.17, 15) is 13.2 Å². The fourth-order valence-electron chi connectivity index (χ4n) is 1.25. The van der Waals surface area contributed by atoms with Gasteiger partial charge in [0.1, 0.15) is 11.6 Å². The van der Waals surface area contributed by atoms with Crippen molar-refractivity contribution in [3.05, 3.63) is 11.6 Å². The number of carboxylic acid groups (broad SMARTS) is 1. The minimum absolute atomic E-state index is 0.0115. The second-order valence-electron chi connectivity index (χ2n) is 2.97. The Morgan fingerprint density at radius 3 is 2.86 bits per heavy atom. The highest BCUT2D eigenvalue weighted by Gasteiger charge is 2.25. The Bertz CT molecular complexity index is 489. The molecule has 0 aromatic carbocycles. The van der Waals surface area contributed by atoms with Crippen LogP contribution < -0.4 is 0 Å². The van der Waals surface area contributed by atoms with Gasteiger partial charge in [-0.05, 0) is 0 Å². The summed E-state index contributed by atoms with van der Waals surface area (Å²) in [6, 6.07) is 0. The predicted molar refractivity (Wildman–Crippen MR) is 44.5 cm³/mol. The fraction of sp³-hybridized carbons (Fsp3) is 0.500. The van der Waals surface area contributed by atoms with Gasteiger partial charge in [-0.2, -0.15) is 0 Å². The summed E-state index contributed by atoms with van der Waals surface area (Å²) in [5, 5.41) is 12.2. The Hall–Kier alpha value is -1.44. The number of hydrogen-bond donors (Lipinski definition) is 1. The highest BCUT2D eigenvalue weighted by atomic mass is 32.2. The Labute approximate surface area is 79.3 Å². The van der Waals surface area contributed by atoms with Crippen LogP contribution in [0.5, 0.6) is 0 Å². The summed E-state index contributed by atoms with van der Waals surface area (Å²) in [5.41, 5.74) is 0. The van der Waals surface area contributed by atoms with Crippen molar-refractivity contribution >= 4 is 15.8 Å². The second kappa shape index (κ2) is 2.77. The maximum absolute atomic E-state index is 11.2. The third kappa shape index (κ3) is 1.48. The average Bonchev–Trinajstić information content (AvgIpc) is 2.45. The second-order valence-corrected chi connectivity index (χ2v) is 5.16.